The number of aliphatic hydroxyl groups excluding tert-OH is 4. The van der Waals surface area contributed by atoms with E-state index in [9.17, 15) is 19.8 Å². The third-order valence-electron chi connectivity index (χ3n) is 2.16. The van der Waals surface area contributed by atoms with Gasteiger partial charge in [0.05, 0.1) is 13.0 Å². The molecular weight excluding hydrogens is 222 g/mol. The van der Waals surface area contributed by atoms with Gasteiger partial charge in [-0.25, -0.2) is 0 Å². The molecule has 0 unspecified atom stereocenters. The molecule has 0 radical (unpaired) electrons. The van der Waals surface area contributed by atoms with E-state index in [0.29, 0.717) is 0 Å². The molecule has 0 spiro atoms. The Morgan fingerprint density at radius 3 is 2.19 bits per heavy atom. The van der Waals surface area contributed by atoms with E-state index in [0.717, 1.165) is 0 Å². The summed E-state index contributed by atoms with van der Waals surface area (Å²) in [5, 5.41) is 45.9. The van der Waals surface area contributed by atoms with Crippen molar-refractivity contribution in [1.82, 2.24) is 0 Å². The summed E-state index contributed by atoms with van der Waals surface area (Å²) < 4.78 is 0. The summed E-state index contributed by atoms with van der Waals surface area (Å²) in [6.45, 7) is -0.923. The van der Waals surface area contributed by atoms with Crippen molar-refractivity contribution in [3.8, 4) is 0 Å². The second kappa shape index (κ2) is 5.87. The summed E-state index contributed by atoms with van der Waals surface area (Å²) in [5.74, 6) is -1.09. The summed E-state index contributed by atoms with van der Waals surface area (Å²) >= 11 is 0. The molecule has 7 N–H and O–H groups in total. The maximum atomic E-state index is 10.6. The van der Waals surface area contributed by atoms with Crippen molar-refractivity contribution in [2.24, 2.45) is 5.73 Å². The molecule has 4 atom stereocenters. The van der Waals surface area contributed by atoms with E-state index in [1.807, 2.05) is 0 Å². The summed E-state index contributed by atoms with van der Waals surface area (Å²) in [7, 11) is 0. The molecule has 0 aromatic carbocycles. The first-order valence-electron chi connectivity index (χ1n) is 4.40. The Labute approximate surface area is 90.9 Å². The molecule has 0 aliphatic carbocycles. The van der Waals surface area contributed by atoms with Crippen LogP contribution in [0.15, 0.2) is 0 Å². The molecule has 16 heavy (non-hydrogen) atoms. The Morgan fingerprint density at radius 1 is 1.38 bits per heavy atom. The highest BCUT2D eigenvalue weighted by Crippen LogP contribution is 2.22. The van der Waals surface area contributed by atoms with Crippen molar-refractivity contribution < 1.29 is 35.1 Å². The molecule has 8 nitrogen and oxygen atoms in total. The van der Waals surface area contributed by atoms with E-state index >= 15 is 0 Å². The van der Waals surface area contributed by atoms with Crippen LogP contribution in [0, 0.1) is 0 Å². The molecular formula is C8H15NO7. The average molecular weight is 237 g/mol. The van der Waals surface area contributed by atoms with Gasteiger partial charge in [0, 0.05) is 0 Å². The van der Waals surface area contributed by atoms with Crippen LogP contribution >= 0.6 is 0 Å². The summed E-state index contributed by atoms with van der Waals surface area (Å²) in [4.78, 5) is 21.0. The maximum absolute atomic E-state index is 10.6. The van der Waals surface area contributed by atoms with Gasteiger partial charge in [-0.1, -0.05) is 0 Å². The number of primary amides is 1. The maximum Gasteiger partial charge on any atom is 0.220 e. The van der Waals surface area contributed by atoms with Gasteiger partial charge in [-0.05, 0) is 0 Å². The van der Waals surface area contributed by atoms with Crippen LogP contribution in [0.3, 0.4) is 0 Å². The first kappa shape index (κ1) is 14.9. The summed E-state index contributed by atoms with van der Waals surface area (Å²) in [6.07, 6.45) is -7.08. The fraction of sp³-hybridized carbons (Fsp3) is 0.750. The van der Waals surface area contributed by atoms with Crippen molar-refractivity contribution in [3.63, 3.8) is 0 Å². The molecule has 0 aromatic rings. The minimum Gasteiger partial charge on any atom is -0.394 e. The number of aldehydes is 1. The Hall–Kier alpha value is -1.06. The molecule has 0 aliphatic heterocycles. The lowest BCUT2D eigenvalue weighted by Gasteiger charge is -2.35. The zero-order chi connectivity index (χ0) is 12.9. The van der Waals surface area contributed by atoms with Gasteiger partial charge in [-0.15, -0.1) is 0 Å². The van der Waals surface area contributed by atoms with Gasteiger partial charge in [-0.3, -0.25) is 4.79 Å². The molecule has 0 saturated heterocycles. The standard InChI is InChI=1S/C8H15NO7/c9-6(14)1-8(16,5(13)3-11)7(15)4(12)2-10/h3-5,7,10,12-13,15-16H,1-2H2,(H2,9,14)/t4-,5+,7-,8+/m1/s1. The quantitative estimate of drug-likeness (QED) is 0.245. The number of carbonyl (C=O) groups is 2. The average Bonchev–Trinajstić information content (AvgIpc) is 2.24. The Balaban J connectivity index is 5.04. The van der Waals surface area contributed by atoms with Crippen LogP contribution in [0.1, 0.15) is 6.42 Å². The van der Waals surface area contributed by atoms with Gasteiger partial charge in [0.1, 0.15) is 23.9 Å². The van der Waals surface area contributed by atoms with Gasteiger partial charge in [-0.2, -0.15) is 0 Å². The molecule has 0 rings (SSSR count). The van der Waals surface area contributed by atoms with Crippen LogP contribution in [0.2, 0.25) is 0 Å². The molecule has 0 aromatic heterocycles. The number of amides is 1. The van der Waals surface area contributed by atoms with Crippen LogP contribution < -0.4 is 5.73 Å². The number of nitrogens with two attached hydrogens (primary N) is 1. The highest BCUT2D eigenvalue weighted by Gasteiger charge is 2.47. The van der Waals surface area contributed by atoms with Crippen molar-refractivity contribution in [2.75, 3.05) is 6.61 Å². The second-order valence-corrected chi connectivity index (χ2v) is 3.41. The van der Waals surface area contributed by atoms with Crippen LogP contribution in [0.4, 0.5) is 0 Å². The van der Waals surface area contributed by atoms with E-state index in [1.54, 1.807) is 0 Å². The van der Waals surface area contributed by atoms with Gasteiger partial charge in [0.15, 0.2) is 6.29 Å². The topological polar surface area (TPSA) is 161 Å². The van der Waals surface area contributed by atoms with Crippen molar-refractivity contribution in [1.29, 1.82) is 0 Å². The molecule has 0 aliphatic rings. The molecule has 0 fully saturated rings. The Morgan fingerprint density at radius 2 is 1.88 bits per heavy atom. The number of hydrogen-bond donors (Lipinski definition) is 6. The number of carbonyl (C=O) groups excluding carboxylic acids is 2. The first-order valence-corrected chi connectivity index (χ1v) is 4.40. The lowest BCUT2D eigenvalue weighted by molar-refractivity contribution is -0.185. The minimum atomic E-state index is -2.63. The van der Waals surface area contributed by atoms with Crippen LogP contribution in [-0.4, -0.2) is 68.2 Å². The zero-order valence-electron chi connectivity index (χ0n) is 8.35. The van der Waals surface area contributed by atoms with Gasteiger partial charge < -0.3 is 36.1 Å². The van der Waals surface area contributed by atoms with Crippen molar-refractivity contribution >= 4 is 12.2 Å². The van der Waals surface area contributed by atoms with Crippen molar-refractivity contribution in [3.05, 3.63) is 0 Å². The van der Waals surface area contributed by atoms with E-state index in [1.165, 1.54) is 0 Å². The van der Waals surface area contributed by atoms with Crippen LogP contribution in [0.5, 0.6) is 0 Å². The van der Waals surface area contributed by atoms with Gasteiger partial charge in [0.25, 0.3) is 0 Å². The largest absolute Gasteiger partial charge is 0.394 e. The third kappa shape index (κ3) is 3.22. The Kier molecular flexibility index (Phi) is 5.48. The fourth-order valence-electron chi connectivity index (χ4n) is 1.21. The molecule has 0 bridgehead atoms. The molecule has 0 saturated carbocycles. The highest BCUT2D eigenvalue weighted by molar-refractivity contribution is 5.76. The molecule has 94 valence electrons. The van der Waals surface area contributed by atoms with E-state index in [4.69, 9.17) is 21.1 Å². The fourth-order valence-corrected chi connectivity index (χ4v) is 1.21. The monoisotopic (exact) mass is 237 g/mol. The smallest absolute Gasteiger partial charge is 0.220 e. The second-order valence-electron chi connectivity index (χ2n) is 3.41. The lowest BCUT2D eigenvalue weighted by atomic mass is 9.84. The highest BCUT2D eigenvalue weighted by atomic mass is 16.4. The number of rotatable bonds is 7. The SMILES string of the molecule is NC(=O)C[C@@](O)([C@H](O)[C@H](O)CO)[C@@H](O)C=O. The van der Waals surface area contributed by atoms with E-state index in [-0.39, 0.29) is 6.29 Å². The molecule has 8 heteroatoms. The lowest BCUT2D eigenvalue weighted by Crippen LogP contribution is -2.59. The van der Waals surface area contributed by atoms with E-state index in [2.05, 4.69) is 0 Å². The van der Waals surface area contributed by atoms with Crippen LogP contribution in [0.25, 0.3) is 0 Å². The number of hydrogen-bond acceptors (Lipinski definition) is 7. The minimum absolute atomic E-state index is 0.115. The normalized spacial score (nSPS) is 20.6. The van der Waals surface area contributed by atoms with Crippen molar-refractivity contribution in [2.45, 2.75) is 30.3 Å². The van der Waals surface area contributed by atoms with E-state index < -0.39 is 42.8 Å². The molecule has 0 heterocycles. The summed E-state index contributed by atoms with van der Waals surface area (Å²) in [6, 6.07) is 0. The number of aliphatic hydroxyl groups is 5. The zero-order valence-corrected chi connectivity index (χ0v) is 8.35. The summed E-state index contributed by atoms with van der Waals surface area (Å²) in [5.41, 5.74) is 2.14. The third-order valence-corrected chi connectivity index (χ3v) is 2.16. The van der Waals surface area contributed by atoms with Crippen LogP contribution in [-0.2, 0) is 9.59 Å². The van der Waals surface area contributed by atoms with Gasteiger partial charge in [0.2, 0.25) is 5.91 Å². The van der Waals surface area contributed by atoms with Gasteiger partial charge >= 0.3 is 0 Å². The molecule has 1 amide bonds. The predicted octanol–water partition coefficient (Wildman–Crippen LogP) is -4.13. The Bertz CT molecular complexity index is 259. The first-order chi connectivity index (χ1) is 7.29. The predicted molar refractivity (Wildman–Crippen MR) is 49.9 cm³/mol.